The normalized spacial score (nSPS) is 15.9. The summed E-state index contributed by atoms with van der Waals surface area (Å²) >= 11 is 6.52. The van der Waals surface area contributed by atoms with Gasteiger partial charge in [0.15, 0.2) is 0 Å². The van der Waals surface area contributed by atoms with Crippen molar-refractivity contribution in [3.8, 4) is 0 Å². The number of thiocarbonyl (C=S) groups is 1. The highest BCUT2D eigenvalue weighted by molar-refractivity contribution is 8.26. The molecule has 1 N–H and O–H groups in total. The molecule has 1 aliphatic rings. The second-order valence-electron chi connectivity index (χ2n) is 7.36. The highest BCUT2D eigenvalue weighted by Gasteiger charge is 2.32. The predicted octanol–water partition coefficient (Wildman–Crippen LogP) is 6.27. The Labute approximate surface area is 199 Å². The number of carbonyl (C=O) groups is 2. The first-order valence-corrected chi connectivity index (χ1v) is 11.3. The van der Waals surface area contributed by atoms with Crippen molar-refractivity contribution in [3.05, 3.63) is 82.3 Å². The molecule has 0 bridgehead atoms. The Balaban J connectivity index is 1.53. The Morgan fingerprint density at radius 1 is 1.15 bits per heavy atom. The monoisotopic (exact) mass is 490 g/mol. The van der Waals surface area contributed by atoms with Crippen molar-refractivity contribution in [2.45, 2.75) is 25.9 Å². The number of nitrogens with zero attached hydrogens (tertiary/aromatic N) is 1. The molecule has 0 atom stereocenters. The largest absolute Gasteiger partial charge is 0.416 e. The average Bonchev–Trinajstić information content (AvgIpc) is 3.01. The van der Waals surface area contributed by atoms with Crippen molar-refractivity contribution in [1.82, 2.24) is 4.90 Å². The summed E-state index contributed by atoms with van der Waals surface area (Å²) in [4.78, 5) is 26.8. The van der Waals surface area contributed by atoms with E-state index in [0.717, 1.165) is 23.3 Å². The van der Waals surface area contributed by atoms with Gasteiger partial charge in [0.1, 0.15) is 4.32 Å². The number of halogens is 3. The van der Waals surface area contributed by atoms with Crippen LogP contribution in [0.1, 0.15) is 30.9 Å². The number of rotatable bonds is 7. The van der Waals surface area contributed by atoms with E-state index < -0.39 is 17.6 Å². The Hall–Kier alpha value is -2.91. The molecule has 1 fully saturated rings. The fourth-order valence-corrected chi connectivity index (χ4v) is 4.51. The van der Waals surface area contributed by atoms with Gasteiger partial charge < -0.3 is 5.32 Å². The van der Waals surface area contributed by atoms with E-state index in [0.29, 0.717) is 15.6 Å². The first kappa shape index (κ1) is 24.7. The fraction of sp³-hybridized carbons (Fsp3) is 0.208. The maximum Gasteiger partial charge on any atom is 0.416 e. The van der Waals surface area contributed by atoms with Crippen LogP contribution in [0, 0.1) is 0 Å². The van der Waals surface area contributed by atoms with E-state index in [1.54, 1.807) is 6.08 Å². The van der Waals surface area contributed by atoms with Crippen LogP contribution in [-0.2, 0) is 15.8 Å². The predicted molar refractivity (Wildman–Crippen MR) is 129 cm³/mol. The second kappa shape index (κ2) is 10.8. The van der Waals surface area contributed by atoms with E-state index in [1.807, 2.05) is 43.3 Å². The fourth-order valence-electron chi connectivity index (χ4n) is 3.15. The van der Waals surface area contributed by atoms with Crippen molar-refractivity contribution in [1.29, 1.82) is 0 Å². The van der Waals surface area contributed by atoms with Gasteiger partial charge in [-0.3, -0.25) is 14.5 Å². The lowest BCUT2D eigenvalue weighted by atomic mass is 10.1. The summed E-state index contributed by atoms with van der Waals surface area (Å²) in [6.07, 6.45) is -0.371. The summed E-state index contributed by atoms with van der Waals surface area (Å²) in [5, 5.41) is 2.46. The third-order valence-electron chi connectivity index (χ3n) is 4.69. The summed E-state index contributed by atoms with van der Waals surface area (Å²) in [5.41, 5.74) is 1.17. The molecule has 0 radical (unpaired) electrons. The molecule has 1 saturated heterocycles. The third kappa shape index (κ3) is 7.03. The summed E-state index contributed by atoms with van der Waals surface area (Å²) in [5.74, 6) is -0.652. The molecule has 1 aliphatic heterocycles. The molecular weight excluding hydrogens is 469 g/mol. The minimum absolute atomic E-state index is 0.0410. The number of hydrogen-bond acceptors (Lipinski definition) is 4. The summed E-state index contributed by atoms with van der Waals surface area (Å²) in [6, 6.07) is 14.2. The molecule has 0 unspecified atom stereocenters. The van der Waals surface area contributed by atoms with Crippen molar-refractivity contribution >= 4 is 51.9 Å². The van der Waals surface area contributed by atoms with Crippen LogP contribution >= 0.6 is 24.0 Å². The van der Waals surface area contributed by atoms with Crippen LogP contribution in [-0.4, -0.2) is 27.6 Å². The van der Waals surface area contributed by atoms with Crippen molar-refractivity contribution in [3.63, 3.8) is 0 Å². The highest BCUT2D eigenvalue weighted by atomic mass is 32.2. The van der Waals surface area contributed by atoms with Crippen LogP contribution in [0.2, 0.25) is 0 Å². The molecular formula is C24H21F3N2O2S2. The van der Waals surface area contributed by atoms with Gasteiger partial charge in [-0.05, 0) is 48.8 Å². The van der Waals surface area contributed by atoms with Crippen molar-refractivity contribution < 1.29 is 22.8 Å². The molecule has 2 aromatic rings. The Kier molecular flexibility index (Phi) is 8.10. The van der Waals surface area contributed by atoms with E-state index in [9.17, 15) is 22.8 Å². The summed E-state index contributed by atoms with van der Waals surface area (Å²) < 4.78 is 38.8. The van der Waals surface area contributed by atoms with Gasteiger partial charge in [0.25, 0.3) is 5.91 Å². The average molecular weight is 491 g/mol. The molecule has 0 aromatic heterocycles. The van der Waals surface area contributed by atoms with Gasteiger partial charge in [-0.1, -0.05) is 66.5 Å². The zero-order chi connectivity index (χ0) is 24.0. The second-order valence-corrected chi connectivity index (χ2v) is 9.04. The van der Waals surface area contributed by atoms with E-state index >= 15 is 0 Å². The van der Waals surface area contributed by atoms with Crippen LogP contribution < -0.4 is 5.32 Å². The van der Waals surface area contributed by atoms with Crippen LogP contribution in [0.3, 0.4) is 0 Å². The first-order valence-electron chi connectivity index (χ1n) is 10.1. The van der Waals surface area contributed by atoms with Crippen molar-refractivity contribution in [2.24, 2.45) is 0 Å². The quantitative estimate of drug-likeness (QED) is 0.367. The highest BCUT2D eigenvalue weighted by Crippen LogP contribution is 2.33. The number of benzene rings is 2. The molecule has 0 saturated carbocycles. The maximum atomic E-state index is 12.8. The number of amides is 2. The Morgan fingerprint density at radius 2 is 1.88 bits per heavy atom. The maximum absolute atomic E-state index is 12.8. The summed E-state index contributed by atoms with van der Waals surface area (Å²) in [7, 11) is 0. The minimum atomic E-state index is -4.48. The van der Waals surface area contributed by atoms with Crippen LogP contribution in [0.15, 0.2) is 71.2 Å². The van der Waals surface area contributed by atoms with Gasteiger partial charge in [0.2, 0.25) is 5.91 Å². The number of alkyl halides is 3. The van der Waals surface area contributed by atoms with Crippen LogP contribution in [0.4, 0.5) is 18.9 Å². The van der Waals surface area contributed by atoms with Crippen molar-refractivity contribution in [2.75, 3.05) is 11.9 Å². The number of nitrogens with one attached hydrogen (secondary N) is 1. The number of anilines is 1. The zero-order valence-electron chi connectivity index (χ0n) is 17.7. The smallest absolute Gasteiger partial charge is 0.326 e. The number of carbonyl (C=O) groups excluding carboxylic acids is 2. The SMILES string of the molecule is CC(/C=C1\SC(=S)N(CCCC(=O)Nc2cccc(C(F)(F)F)c2)C1=O)=C\c1ccccc1. The molecule has 0 aliphatic carbocycles. The third-order valence-corrected chi connectivity index (χ3v) is 6.06. The standard InChI is InChI=1S/C24H21F3N2O2S2/c1-16(13-17-7-3-2-4-8-17)14-20-22(31)29(23(32)33-20)12-6-11-21(30)28-19-10-5-9-18(15-19)24(25,26)27/h2-5,7-10,13-15H,6,11-12H2,1H3,(H,28,30)/b16-13+,20-14-. The molecule has 2 amide bonds. The molecule has 3 rings (SSSR count). The number of allylic oxidation sites excluding steroid dienone is 2. The van der Waals surface area contributed by atoms with Gasteiger partial charge in [-0.25, -0.2) is 0 Å². The van der Waals surface area contributed by atoms with E-state index in [2.05, 4.69) is 5.32 Å². The molecule has 1 heterocycles. The molecule has 33 heavy (non-hydrogen) atoms. The molecule has 0 spiro atoms. The van der Waals surface area contributed by atoms with Gasteiger partial charge >= 0.3 is 6.18 Å². The molecule has 4 nitrogen and oxygen atoms in total. The molecule has 2 aromatic carbocycles. The van der Waals surface area contributed by atoms with Gasteiger partial charge in [-0.2, -0.15) is 13.2 Å². The Morgan fingerprint density at radius 3 is 2.58 bits per heavy atom. The number of thioether (sulfide) groups is 1. The van der Waals surface area contributed by atoms with Crippen LogP contribution in [0.5, 0.6) is 0 Å². The summed E-state index contributed by atoms with van der Waals surface area (Å²) in [6.45, 7) is 2.15. The van der Waals surface area contributed by atoms with E-state index in [4.69, 9.17) is 12.2 Å². The van der Waals surface area contributed by atoms with E-state index in [-0.39, 0.29) is 24.6 Å². The van der Waals surface area contributed by atoms with Gasteiger partial charge in [0, 0.05) is 18.7 Å². The zero-order valence-corrected chi connectivity index (χ0v) is 19.3. The topological polar surface area (TPSA) is 49.4 Å². The lowest BCUT2D eigenvalue weighted by Crippen LogP contribution is -2.29. The van der Waals surface area contributed by atoms with Crippen LogP contribution in [0.25, 0.3) is 6.08 Å². The lowest BCUT2D eigenvalue weighted by Gasteiger charge is -2.14. The Bertz CT molecular complexity index is 1110. The molecule has 172 valence electrons. The first-order chi connectivity index (χ1) is 15.6. The van der Waals surface area contributed by atoms with E-state index in [1.165, 1.54) is 28.8 Å². The molecule has 9 heteroatoms. The van der Waals surface area contributed by atoms with Gasteiger partial charge in [-0.15, -0.1) is 0 Å². The minimum Gasteiger partial charge on any atom is -0.326 e. The lowest BCUT2D eigenvalue weighted by molar-refractivity contribution is -0.137. The van der Waals surface area contributed by atoms with Gasteiger partial charge in [0.05, 0.1) is 10.5 Å². The number of hydrogen-bond donors (Lipinski definition) is 1.